The third-order valence-corrected chi connectivity index (χ3v) is 2.69. The number of halogens is 3. The van der Waals surface area contributed by atoms with E-state index in [0.717, 1.165) is 10.8 Å². The van der Waals surface area contributed by atoms with Crippen LogP contribution in [0.25, 0.3) is 22.2 Å². The number of hydrogen-bond donors (Lipinski definition) is 0. The molecule has 6 heteroatoms. The van der Waals surface area contributed by atoms with E-state index in [2.05, 4.69) is 10.2 Å². The van der Waals surface area contributed by atoms with Gasteiger partial charge in [-0.3, -0.25) is 0 Å². The molecule has 0 spiro atoms. The van der Waals surface area contributed by atoms with Crippen LogP contribution < -0.4 is 0 Å². The Bertz CT molecular complexity index is 729. The molecule has 0 aliphatic heterocycles. The molecule has 0 saturated heterocycles. The molecule has 3 rings (SSSR count). The van der Waals surface area contributed by atoms with Crippen LogP contribution in [0.15, 0.2) is 46.9 Å². The van der Waals surface area contributed by atoms with Gasteiger partial charge < -0.3 is 4.42 Å². The quantitative estimate of drug-likeness (QED) is 0.669. The predicted octanol–water partition coefficient (Wildman–Crippen LogP) is 3.91. The Morgan fingerprint density at radius 2 is 1.63 bits per heavy atom. The van der Waals surface area contributed by atoms with E-state index in [1.807, 2.05) is 18.2 Å². The summed E-state index contributed by atoms with van der Waals surface area (Å²) in [4.78, 5) is 0. The van der Waals surface area contributed by atoms with Crippen LogP contribution in [0.1, 0.15) is 5.89 Å². The van der Waals surface area contributed by atoms with Crippen LogP contribution in [0.5, 0.6) is 0 Å². The largest absolute Gasteiger partial charge is 0.470 e. The Labute approximate surface area is 105 Å². The van der Waals surface area contributed by atoms with E-state index in [0.29, 0.717) is 5.56 Å². The third-order valence-electron chi connectivity index (χ3n) is 2.69. The lowest BCUT2D eigenvalue weighted by atomic mass is 10.0. The van der Waals surface area contributed by atoms with Gasteiger partial charge in [-0.2, -0.15) is 13.2 Å². The molecule has 0 radical (unpaired) electrons. The van der Waals surface area contributed by atoms with Gasteiger partial charge in [-0.15, -0.1) is 10.2 Å². The average molecular weight is 264 g/mol. The van der Waals surface area contributed by atoms with Gasteiger partial charge in [0, 0.05) is 5.56 Å². The molecule has 96 valence electrons. The summed E-state index contributed by atoms with van der Waals surface area (Å²) >= 11 is 0. The molecule has 0 unspecified atom stereocenters. The van der Waals surface area contributed by atoms with Crippen molar-refractivity contribution >= 4 is 10.8 Å². The summed E-state index contributed by atoms with van der Waals surface area (Å²) in [5.74, 6) is -1.47. The topological polar surface area (TPSA) is 38.9 Å². The molecule has 0 atom stereocenters. The number of hydrogen-bond acceptors (Lipinski definition) is 3. The maximum Gasteiger partial charge on any atom is 0.470 e. The summed E-state index contributed by atoms with van der Waals surface area (Å²) in [6.45, 7) is 0. The van der Waals surface area contributed by atoms with E-state index in [1.165, 1.54) is 0 Å². The standard InChI is InChI=1S/C13H7F3N2O/c14-13(15,16)12-18-17-11(19-12)10-7-3-5-8-4-1-2-6-9(8)10/h1-7H. The first kappa shape index (κ1) is 11.7. The predicted molar refractivity (Wildman–Crippen MR) is 62.2 cm³/mol. The van der Waals surface area contributed by atoms with Gasteiger partial charge in [-0.05, 0) is 16.8 Å². The highest BCUT2D eigenvalue weighted by Gasteiger charge is 2.38. The van der Waals surface area contributed by atoms with Crippen molar-refractivity contribution in [2.24, 2.45) is 0 Å². The minimum Gasteiger partial charge on any atom is -0.413 e. The fraction of sp³-hybridized carbons (Fsp3) is 0.0769. The monoisotopic (exact) mass is 264 g/mol. The van der Waals surface area contributed by atoms with Crippen molar-refractivity contribution in [2.45, 2.75) is 6.18 Å². The molecule has 0 aliphatic carbocycles. The summed E-state index contributed by atoms with van der Waals surface area (Å²) in [7, 11) is 0. The molecule has 0 saturated carbocycles. The molecule has 1 aromatic heterocycles. The Hall–Kier alpha value is -2.37. The zero-order chi connectivity index (χ0) is 13.5. The molecule has 19 heavy (non-hydrogen) atoms. The van der Waals surface area contributed by atoms with Crippen LogP contribution in [0, 0.1) is 0 Å². The van der Waals surface area contributed by atoms with Gasteiger partial charge in [0.25, 0.3) is 0 Å². The molecular weight excluding hydrogens is 257 g/mol. The van der Waals surface area contributed by atoms with Crippen LogP contribution in [0.2, 0.25) is 0 Å². The van der Waals surface area contributed by atoms with E-state index in [-0.39, 0.29) is 5.89 Å². The van der Waals surface area contributed by atoms with E-state index in [9.17, 15) is 13.2 Å². The number of alkyl halides is 3. The maximum atomic E-state index is 12.4. The molecule has 3 nitrogen and oxygen atoms in total. The Balaban J connectivity index is 2.17. The average Bonchev–Trinajstić information content (AvgIpc) is 2.87. The molecular formula is C13H7F3N2O. The fourth-order valence-corrected chi connectivity index (χ4v) is 1.86. The number of aromatic nitrogens is 2. The van der Waals surface area contributed by atoms with E-state index in [1.54, 1.807) is 24.3 Å². The van der Waals surface area contributed by atoms with Gasteiger partial charge in [0.15, 0.2) is 0 Å². The van der Waals surface area contributed by atoms with Gasteiger partial charge in [0.05, 0.1) is 0 Å². The summed E-state index contributed by atoms with van der Waals surface area (Å²) in [6, 6.07) is 12.5. The van der Waals surface area contributed by atoms with E-state index < -0.39 is 12.1 Å². The molecule has 0 aliphatic rings. The van der Waals surface area contributed by atoms with Crippen LogP contribution in [0.3, 0.4) is 0 Å². The van der Waals surface area contributed by atoms with Crippen molar-refractivity contribution in [1.29, 1.82) is 0 Å². The lowest BCUT2D eigenvalue weighted by Gasteiger charge is -2.02. The summed E-state index contributed by atoms with van der Waals surface area (Å²) in [5.41, 5.74) is 0.487. The SMILES string of the molecule is FC(F)(F)c1nnc(-c2cccc3ccccc23)o1. The second kappa shape index (κ2) is 4.08. The molecule has 1 heterocycles. The Morgan fingerprint density at radius 3 is 2.37 bits per heavy atom. The summed E-state index contributed by atoms with van der Waals surface area (Å²) in [6.07, 6.45) is -4.63. The minimum absolute atomic E-state index is 0.135. The van der Waals surface area contributed by atoms with Gasteiger partial charge >= 0.3 is 12.1 Å². The van der Waals surface area contributed by atoms with Crippen molar-refractivity contribution in [2.75, 3.05) is 0 Å². The van der Waals surface area contributed by atoms with Crippen molar-refractivity contribution in [3.63, 3.8) is 0 Å². The molecule has 0 N–H and O–H groups in total. The summed E-state index contributed by atoms with van der Waals surface area (Å²) in [5, 5.41) is 8.16. The maximum absolute atomic E-state index is 12.4. The van der Waals surface area contributed by atoms with Crippen LogP contribution in [0.4, 0.5) is 13.2 Å². The second-order valence-corrected chi connectivity index (χ2v) is 3.94. The van der Waals surface area contributed by atoms with Gasteiger partial charge in [-0.25, -0.2) is 0 Å². The molecule has 0 fully saturated rings. The Morgan fingerprint density at radius 1 is 0.895 bits per heavy atom. The normalized spacial score (nSPS) is 11.9. The Kier molecular flexibility index (Phi) is 2.51. The summed E-state index contributed by atoms with van der Waals surface area (Å²) < 4.78 is 42.0. The van der Waals surface area contributed by atoms with Gasteiger partial charge in [0.1, 0.15) is 0 Å². The first-order valence-corrected chi connectivity index (χ1v) is 5.44. The zero-order valence-corrected chi connectivity index (χ0v) is 9.48. The van der Waals surface area contributed by atoms with Crippen molar-refractivity contribution < 1.29 is 17.6 Å². The lowest BCUT2D eigenvalue weighted by molar-refractivity contribution is -0.156. The van der Waals surface area contributed by atoms with E-state index >= 15 is 0 Å². The van der Waals surface area contributed by atoms with Gasteiger partial charge in [0.2, 0.25) is 5.89 Å². The smallest absolute Gasteiger partial charge is 0.413 e. The minimum atomic E-state index is -4.63. The van der Waals surface area contributed by atoms with Gasteiger partial charge in [-0.1, -0.05) is 36.4 Å². The highest BCUT2D eigenvalue weighted by atomic mass is 19.4. The van der Waals surface area contributed by atoms with Crippen LogP contribution >= 0.6 is 0 Å². The van der Waals surface area contributed by atoms with Crippen LogP contribution in [-0.4, -0.2) is 10.2 Å². The first-order chi connectivity index (χ1) is 9.05. The van der Waals surface area contributed by atoms with Crippen molar-refractivity contribution in [3.05, 3.63) is 48.4 Å². The number of rotatable bonds is 1. The lowest BCUT2D eigenvalue weighted by Crippen LogP contribution is -2.04. The zero-order valence-electron chi connectivity index (χ0n) is 9.48. The first-order valence-electron chi connectivity index (χ1n) is 5.44. The van der Waals surface area contributed by atoms with Crippen molar-refractivity contribution in [1.82, 2.24) is 10.2 Å². The highest BCUT2D eigenvalue weighted by Crippen LogP contribution is 2.32. The fourth-order valence-electron chi connectivity index (χ4n) is 1.86. The highest BCUT2D eigenvalue weighted by molar-refractivity contribution is 5.94. The number of nitrogens with zero attached hydrogens (tertiary/aromatic N) is 2. The van der Waals surface area contributed by atoms with Crippen LogP contribution in [-0.2, 0) is 6.18 Å². The molecule has 3 aromatic rings. The van der Waals surface area contributed by atoms with E-state index in [4.69, 9.17) is 4.42 Å². The second-order valence-electron chi connectivity index (χ2n) is 3.94. The number of benzene rings is 2. The van der Waals surface area contributed by atoms with Crippen molar-refractivity contribution in [3.8, 4) is 11.5 Å². The molecule has 0 amide bonds. The molecule has 2 aromatic carbocycles. The molecule has 0 bridgehead atoms. The number of fused-ring (bicyclic) bond motifs is 1. The third kappa shape index (κ3) is 2.05.